The van der Waals surface area contributed by atoms with Crippen molar-refractivity contribution in [2.75, 3.05) is 19.7 Å². The lowest BCUT2D eigenvalue weighted by atomic mass is 9.89. The number of ether oxygens (including phenoxy) is 1. The first-order valence-corrected chi connectivity index (χ1v) is 17.5. The van der Waals surface area contributed by atoms with Crippen LogP contribution >= 0.6 is 0 Å². The standard InChI is InChI=1S/C39H38N4O12/c44-20-32-29(47)18-34(55-32)43-19-22(37(50)42-39(43)53)6-12-33(48)40-13-3-1-2-4-14-41-36(49)21-5-9-25(38(51)52)28(15-21)35-26-10-7-23(45)16-30(26)54-31-17-24(46)8-11-27(31)35/h5-12,15-17,19,29,32,34,44-45,47H,1-4,13-14,18,20H2,(H,40,48)(H,41,49)(H,51,52)(H,42,50,53)/b12-6+/t29?,32-,34-/m1/s1. The molecule has 2 aromatic carbocycles. The Morgan fingerprint density at radius 3 is 2.42 bits per heavy atom. The van der Waals surface area contributed by atoms with Gasteiger partial charge in [0.2, 0.25) is 5.91 Å². The number of carboxylic acids is 1. The van der Waals surface area contributed by atoms with Gasteiger partial charge in [-0.25, -0.2) is 9.59 Å². The van der Waals surface area contributed by atoms with Crippen molar-refractivity contribution in [2.24, 2.45) is 0 Å². The Morgan fingerprint density at radius 1 is 0.927 bits per heavy atom. The van der Waals surface area contributed by atoms with Gasteiger partial charge in [-0.2, -0.15) is 0 Å². The van der Waals surface area contributed by atoms with Gasteiger partial charge < -0.3 is 40.2 Å². The lowest BCUT2D eigenvalue weighted by Gasteiger charge is -2.17. The SMILES string of the molecule is O=C(/C=C/c1cn([C@H]2CC(O)[C@@H](CO)O2)c(=O)[nH]c1=O)NCCCCCCNC(=O)c1ccc(C(=O)O)c(-c2c3ccc(=O)cc-3oc3cc(O)ccc23)c1. The van der Waals surface area contributed by atoms with Crippen LogP contribution in [0.5, 0.6) is 5.75 Å². The Bertz CT molecular complexity index is 2430. The second kappa shape index (κ2) is 16.8. The monoisotopic (exact) mass is 754 g/mol. The molecule has 3 aromatic rings. The first kappa shape index (κ1) is 38.4. The van der Waals surface area contributed by atoms with Gasteiger partial charge in [-0.3, -0.25) is 28.7 Å². The molecule has 1 aromatic heterocycles. The largest absolute Gasteiger partial charge is 0.508 e. The van der Waals surface area contributed by atoms with E-state index < -0.39 is 54.1 Å². The average molecular weight is 755 g/mol. The van der Waals surface area contributed by atoms with Crippen molar-refractivity contribution in [3.63, 3.8) is 0 Å². The summed E-state index contributed by atoms with van der Waals surface area (Å²) < 4.78 is 12.5. The van der Waals surface area contributed by atoms with E-state index in [1.165, 1.54) is 60.8 Å². The van der Waals surface area contributed by atoms with Gasteiger partial charge in [-0.15, -0.1) is 0 Å². The van der Waals surface area contributed by atoms with E-state index in [9.17, 15) is 49.2 Å². The predicted octanol–water partition coefficient (Wildman–Crippen LogP) is 2.58. The molecule has 1 fully saturated rings. The van der Waals surface area contributed by atoms with E-state index in [0.717, 1.165) is 23.5 Å². The van der Waals surface area contributed by atoms with Crippen molar-refractivity contribution >= 4 is 34.8 Å². The molecule has 3 atom stereocenters. The number of nitrogens with zero attached hydrogens (tertiary/aromatic N) is 1. The van der Waals surface area contributed by atoms with Gasteiger partial charge in [-0.05, 0) is 66.9 Å². The molecule has 6 rings (SSSR count). The number of hydrogen-bond donors (Lipinski definition) is 7. The lowest BCUT2D eigenvalue weighted by molar-refractivity contribution is -0.116. The number of phenolic OH excluding ortho intramolecular Hbond substituents is 1. The minimum Gasteiger partial charge on any atom is -0.508 e. The van der Waals surface area contributed by atoms with Crippen LogP contribution in [0.25, 0.3) is 39.5 Å². The van der Waals surface area contributed by atoms with Crippen molar-refractivity contribution in [2.45, 2.75) is 50.5 Å². The van der Waals surface area contributed by atoms with E-state index in [0.29, 0.717) is 42.4 Å². The highest BCUT2D eigenvalue weighted by Gasteiger charge is 2.35. The predicted molar refractivity (Wildman–Crippen MR) is 199 cm³/mol. The number of hydrogen-bond acceptors (Lipinski definition) is 11. The summed E-state index contributed by atoms with van der Waals surface area (Å²) in [5.41, 5.74) is -0.253. The zero-order valence-electron chi connectivity index (χ0n) is 29.3. The van der Waals surface area contributed by atoms with Crippen molar-refractivity contribution in [3.05, 3.63) is 115 Å². The molecule has 0 saturated carbocycles. The number of fused-ring (bicyclic) bond motifs is 2. The Labute approximate surface area is 311 Å². The minimum atomic E-state index is -1.22. The fourth-order valence-corrected chi connectivity index (χ4v) is 6.46. The number of nitrogens with one attached hydrogen (secondary N) is 3. The van der Waals surface area contributed by atoms with Crippen LogP contribution in [0.3, 0.4) is 0 Å². The maximum absolute atomic E-state index is 13.2. The summed E-state index contributed by atoms with van der Waals surface area (Å²) in [6.45, 7) is 0.262. The maximum atomic E-state index is 13.2. The third-order valence-electron chi connectivity index (χ3n) is 9.25. The molecule has 16 heteroatoms. The van der Waals surface area contributed by atoms with E-state index in [1.54, 1.807) is 6.07 Å². The third-order valence-corrected chi connectivity index (χ3v) is 9.25. The molecular formula is C39H38N4O12. The Morgan fingerprint density at radius 2 is 1.69 bits per heavy atom. The number of benzene rings is 3. The van der Waals surface area contributed by atoms with E-state index in [2.05, 4.69) is 15.6 Å². The van der Waals surface area contributed by atoms with Crippen LogP contribution in [0, 0.1) is 0 Å². The number of carbonyl (C=O) groups excluding carboxylic acids is 2. The molecule has 1 unspecified atom stereocenters. The van der Waals surface area contributed by atoms with Crippen molar-refractivity contribution in [1.82, 2.24) is 20.2 Å². The number of H-pyrrole nitrogens is 1. The number of carbonyl (C=O) groups is 3. The molecule has 2 aliphatic heterocycles. The number of unbranched alkanes of at least 4 members (excludes halogenated alkanes) is 3. The van der Waals surface area contributed by atoms with E-state index in [1.807, 2.05) is 0 Å². The normalized spacial score (nSPS) is 16.9. The average Bonchev–Trinajstić information content (AvgIpc) is 3.53. The number of aromatic carboxylic acids is 1. The highest BCUT2D eigenvalue weighted by molar-refractivity contribution is 6.09. The first-order chi connectivity index (χ1) is 26.4. The van der Waals surface area contributed by atoms with Gasteiger partial charge in [0.1, 0.15) is 29.4 Å². The molecule has 0 spiro atoms. The van der Waals surface area contributed by atoms with E-state index >= 15 is 0 Å². The van der Waals surface area contributed by atoms with Gasteiger partial charge in [-0.1, -0.05) is 12.8 Å². The Kier molecular flexibility index (Phi) is 11.7. The number of aromatic amines is 1. The van der Waals surface area contributed by atoms with E-state index in [4.69, 9.17) is 9.15 Å². The summed E-state index contributed by atoms with van der Waals surface area (Å²) in [6, 6.07) is 12.8. The molecule has 1 aliphatic carbocycles. The van der Waals surface area contributed by atoms with Crippen LogP contribution in [-0.2, 0) is 9.53 Å². The molecule has 7 N–H and O–H groups in total. The minimum absolute atomic E-state index is 0.0226. The fourth-order valence-electron chi connectivity index (χ4n) is 6.46. The Hall–Kier alpha value is -6.36. The van der Waals surface area contributed by atoms with Crippen LogP contribution in [0.1, 0.15) is 64.6 Å². The first-order valence-electron chi connectivity index (χ1n) is 17.5. The van der Waals surface area contributed by atoms with Crippen LogP contribution < -0.4 is 27.3 Å². The molecule has 286 valence electrons. The van der Waals surface area contributed by atoms with Gasteiger partial charge in [0, 0.05) is 66.0 Å². The van der Waals surface area contributed by atoms with Gasteiger partial charge in [0.05, 0.1) is 23.8 Å². The highest BCUT2D eigenvalue weighted by atomic mass is 16.5. The van der Waals surface area contributed by atoms with Gasteiger partial charge >= 0.3 is 11.7 Å². The van der Waals surface area contributed by atoms with Crippen molar-refractivity contribution in [3.8, 4) is 28.2 Å². The topological polar surface area (TPSA) is 250 Å². The van der Waals surface area contributed by atoms with E-state index in [-0.39, 0.29) is 51.2 Å². The smallest absolute Gasteiger partial charge is 0.336 e. The zero-order valence-corrected chi connectivity index (χ0v) is 29.3. The van der Waals surface area contributed by atoms with Crippen LogP contribution in [0.15, 0.2) is 85.7 Å². The zero-order chi connectivity index (χ0) is 39.2. The quantitative estimate of drug-likeness (QED) is 0.0491. The number of aliphatic hydroxyl groups is 2. The van der Waals surface area contributed by atoms with Gasteiger partial charge in [0.15, 0.2) is 5.43 Å². The lowest BCUT2D eigenvalue weighted by Crippen LogP contribution is -2.33. The summed E-state index contributed by atoms with van der Waals surface area (Å²) in [4.78, 5) is 76.7. The van der Waals surface area contributed by atoms with Crippen molar-refractivity contribution < 1.29 is 44.0 Å². The summed E-state index contributed by atoms with van der Waals surface area (Å²) in [6.07, 6.45) is 3.71. The van der Waals surface area contributed by atoms with Gasteiger partial charge in [0.25, 0.3) is 11.5 Å². The molecule has 0 radical (unpaired) electrons. The summed E-state index contributed by atoms with van der Waals surface area (Å²) in [5, 5.41) is 45.5. The van der Waals surface area contributed by atoms with Crippen LogP contribution in [0.4, 0.5) is 0 Å². The summed E-state index contributed by atoms with van der Waals surface area (Å²) in [7, 11) is 0. The molecule has 55 heavy (non-hydrogen) atoms. The molecule has 16 nitrogen and oxygen atoms in total. The molecule has 0 bridgehead atoms. The second-order valence-electron chi connectivity index (χ2n) is 13.0. The molecular weight excluding hydrogens is 716 g/mol. The molecule has 3 heterocycles. The fraction of sp³-hybridized carbons (Fsp3) is 0.282. The number of carboxylic acid groups (broad SMARTS) is 1. The number of aromatic hydroxyl groups is 1. The van der Waals surface area contributed by atoms with Crippen LogP contribution in [0.2, 0.25) is 0 Å². The molecule has 2 amide bonds. The third kappa shape index (κ3) is 8.73. The number of rotatable bonds is 14. The second-order valence-corrected chi connectivity index (χ2v) is 13.0. The number of phenols is 1. The molecule has 1 saturated heterocycles. The number of aliphatic hydroxyl groups excluding tert-OH is 2. The molecule has 3 aliphatic rings. The summed E-state index contributed by atoms with van der Waals surface area (Å²) >= 11 is 0. The highest BCUT2D eigenvalue weighted by Crippen LogP contribution is 2.42. The maximum Gasteiger partial charge on any atom is 0.336 e. The summed E-state index contributed by atoms with van der Waals surface area (Å²) in [5.74, 6) is -1.98. The van der Waals surface area contributed by atoms with Crippen molar-refractivity contribution in [1.29, 1.82) is 0 Å². The Balaban J connectivity index is 1.01. The van der Waals surface area contributed by atoms with Crippen LogP contribution in [-0.4, -0.2) is 79.7 Å². The number of amides is 2. The number of aromatic nitrogens is 2.